The van der Waals surface area contributed by atoms with Gasteiger partial charge in [-0.05, 0) is 24.5 Å². The number of pyridine rings is 1. The van der Waals surface area contributed by atoms with Gasteiger partial charge in [-0.2, -0.15) is 0 Å². The first-order chi connectivity index (χ1) is 9.13. The van der Waals surface area contributed by atoms with Crippen LogP contribution in [-0.4, -0.2) is 24.0 Å². The summed E-state index contributed by atoms with van der Waals surface area (Å²) in [7, 11) is 0. The maximum atomic E-state index is 11.8. The van der Waals surface area contributed by atoms with Crippen LogP contribution in [-0.2, 0) is 0 Å². The molecule has 106 valence electrons. The molecule has 1 aromatic heterocycles. The predicted octanol–water partition coefficient (Wildman–Crippen LogP) is 3.07. The van der Waals surface area contributed by atoms with Crippen LogP contribution in [0.1, 0.15) is 50.4 Å². The molecule has 0 aromatic carbocycles. The Kier molecular flexibility index (Phi) is 6.93. The Labute approximate surface area is 116 Å². The number of hydrogen-bond acceptors (Lipinski definition) is 3. The van der Waals surface area contributed by atoms with Crippen molar-refractivity contribution in [3.63, 3.8) is 0 Å². The molecule has 1 aromatic rings. The summed E-state index contributed by atoms with van der Waals surface area (Å²) in [6.45, 7) is 7.95. The molecular weight excluding hydrogens is 238 g/mol. The molecule has 0 radical (unpaired) electrons. The summed E-state index contributed by atoms with van der Waals surface area (Å²) in [5, 5.41) is 6.13. The topological polar surface area (TPSA) is 54.0 Å². The molecule has 1 heterocycles. The van der Waals surface area contributed by atoms with Gasteiger partial charge < -0.3 is 10.6 Å². The number of nitrogens with zero attached hydrogens (tertiary/aromatic N) is 1. The summed E-state index contributed by atoms with van der Waals surface area (Å²) in [6.07, 6.45) is 5.21. The number of amides is 1. The summed E-state index contributed by atoms with van der Waals surface area (Å²) in [5.74, 6) is 1.23. The summed E-state index contributed by atoms with van der Waals surface area (Å²) in [5.41, 5.74) is 0.611. The van der Waals surface area contributed by atoms with E-state index in [4.69, 9.17) is 0 Å². The van der Waals surface area contributed by atoms with Crippen LogP contribution in [0.3, 0.4) is 0 Å². The first kappa shape index (κ1) is 15.5. The minimum Gasteiger partial charge on any atom is -0.370 e. The second-order valence-electron chi connectivity index (χ2n) is 5.17. The van der Waals surface area contributed by atoms with Crippen molar-refractivity contribution < 1.29 is 4.79 Å². The molecule has 2 N–H and O–H groups in total. The van der Waals surface area contributed by atoms with Gasteiger partial charge in [-0.3, -0.25) is 4.79 Å². The van der Waals surface area contributed by atoms with E-state index in [1.54, 1.807) is 6.20 Å². The molecule has 0 aliphatic heterocycles. The van der Waals surface area contributed by atoms with Gasteiger partial charge in [0.05, 0.1) is 5.56 Å². The molecule has 0 bridgehead atoms. The Morgan fingerprint density at radius 3 is 2.68 bits per heavy atom. The van der Waals surface area contributed by atoms with E-state index in [1.165, 1.54) is 12.8 Å². The molecular formula is C15H25N3O. The molecule has 0 spiro atoms. The van der Waals surface area contributed by atoms with E-state index in [9.17, 15) is 4.79 Å². The maximum absolute atomic E-state index is 11.8. The van der Waals surface area contributed by atoms with Gasteiger partial charge in [0.15, 0.2) is 0 Å². The van der Waals surface area contributed by atoms with Gasteiger partial charge in [0.2, 0.25) is 0 Å². The second kappa shape index (κ2) is 8.51. The SMILES string of the molecule is CCCCCNc1ccc(C(=O)NCC(C)C)cn1. The molecule has 1 amide bonds. The third kappa shape index (κ3) is 6.22. The van der Waals surface area contributed by atoms with Crippen LogP contribution >= 0.6 is 0 Å². The summed E-state index contributed by atoms with van der Waals surface area (Å²) < 4.78 is 0. The zero-order valence-corrected chi connectivity index (χ0v) is 12.2. The fraction of sp³-hybridized carbons (Fsp3) is 0.600. The molecule has 0 aliphatic rings. The Hall–Kier alpha value is -1.58. The van der Waals surface area contributed by atoms with E-state index in [0.717, 1.165) is 18.8 Å². The van der Waals surface area contributed by atoms with Crippen molar-refractivity contribution in [2.24, 2.45) is 5.92 Å². The van der Waals surface area contributed by atoms with Crippen LogP contribution in [0.15, 0.2) is 18.3 Å². The molecule has 0 saturated carbocycles. The van der Waals surface area contributed by atoms with Crippen LogP contribution in [0, 0.1) is 5.92 Å². The third-order valence-electron chi connectivity index (χ3n) is 2.78. The van der Waals surface area contributed by atoms with E-state index in [-0.39, 0.29) is 5.91 Å². The lowest BCUT2D eigenvalue weighted by molar-refractivity contribution is 0.0948. The molecule has 0 aliphatic carbocycles. The molecule has 4 nitrogen and oxygen atoms in total. The minimum atomic E-state index is -0.0567. The number of carbonyl (C=O) groups is 1. The van der Waals surface area contributed by atoms with Crippen LogP contribution in [0.25, 0.3) is 0 Å². The van der Waals surface area contributed by atoms with Crippen molar-refractivity contribution in [3.05, 3.63) is 23.9 Å². The Morgan fingerprint density at radius 1 is 1.32 bits per heavy atom. The molecule has 19 heavy (non-hydrogen) atoms. The Bertz CT molecular complexity index is 373. The number of anilines is 1. The van der Waals surface area contributed by atoms with Gasteiger partial charge in [-0.1, -0.05) is 33.6 Å². The fourth-order valence-corrected chi connectivity index (χ4v) is 1.62. The van der Waals surface area contributed by atoms with Crippen molar-refractivity contribution in [1.29, 1.82) is 0 Å². The smallest absolute Gasteiger partial charge is 0.252 e. The van der Waals surface area contributed by atoms with Gasteiger partial charge in [-0.15, -0.1) is 0 Å². The normalized spacial score (nSPS) is 10.5. The molecule has 0 atom stereocenters. The molecule has 0 saturated heterocycles. The summed E-state index contributed by atoms with van der Waals surface area (Å²) in [6, 6.07) is 3.67. The van der Waals surface area contributed by atoms with Crippen molar-refractivity contribution >= 4 is 11.7 Å². The quantitative estimate of drug-likeness (QED) is 0.709. The van der Waals surface area contributed by atoms with Crippen LogP contribution < -0.4 is 10.6 Å². The Balaban J connectivity index is 2.40. The highest BCUT2D eigenvalue weighted by molar-refractivity contribution is 5.94. The van der Waals surface area contributed by atoms with Crippen molar-refractivity contribution in [1.82, 2.24) is 10.3 Å². The molecule has 4 heteroatoms. The molecule has 0 fully saturated rings. The minimum absolute atomic E-state index is 0.0567. The van der Waals surface area contributed by atoms with E-state index in [2.05, 4.69) is 36.4 Å². The summed E-state index contributed by atoms with van der Waals surface area (Å²) in [4.78, 5) is 16.0. The van der Waals surface area contributed by atoms with Gasteiger partial charge in [0, 0.05) is 19.3 Å². The average Bonchev–Trinajstić information content (AvgIpc) is 2.41. The zero-order chi connectivity index (χ0) is 14.1. The van der Waals surface area contributed by atoms with E-state index in [1.807, 2.05) is 12.1 Å². The van der Waals surface area contributed by atoms with Crippen molar-refractivity contribution in [2.75, 3.05) is 18.4 Å². The number of nitrogens with one attached hydrogen (secondary N) is 2. The van der Waals surface area contributed by atoms with Gasteiger partial charge in [0.1, 0.15) is 5.82 Å². The van der Waals surface area contributed by atoms with Crippen molar-refractivity contribution in [2.45, 2.75) is 40.0 Å². The third-order valence-corrected chi connectivity index (χ3v) is 2.78. The van der Waals surface area contributed by atoms with Gasteiger partial charge >= 0.3 is 0 Å². The van der Waals surface area contributed by atoms with Crippen LogP contribution in [0.4, 0.5) is 5.82 Å². The highest BCUT2D eigenvalue weighted by Gasteiger charge is 2.06. The van der Waals surface area contributed by atoms with E-state index >= 15 is 0 Å². The first-order valence-electron chi connectivity index (χ1n) is 7.11. The van der Waals surface area contributed by atoms with E-state index in [0.29, 0.717) is 18.0 Å². The fourth-order valence-electron chi connectivity index (χ4n) is 1.62. The van der Waals surface area contributed by atoms with Crippen LogP contribution in [0.2, 0.25) is 0 Å². The number of carbonyl (C=O) groups excluding carboxylic acids is 1. The highest BCUT2D eigenvalue weighted by Crippen LogP contribution is 2.06. The largest absolute Gasteiger partial charge is 0.370 e. The number of unbranched alkanes of at least 4 members (excludes halogenated alkanes) is 2. The monoisotopic (exact) mass is 263 g/mol. The number of hydrogen-bond donors (Lipinski definition) is 2. The van der Waals surface area contributed by atoms with Gasteiger partial charge in [-0.25, -0.2) is 4.98 Å². The predicted molar refractivity (Wildman–Crippen MR) is 79.4 cm³/mol. The van der Waals surface area contributed by atoms with E-state index < -0.39 is 0 Å². The Morgan fingerprint density at radius 2 is 2.11 bits per heavy atom. The van der Waals surface area contributed by atoms with Crippen LogP contribution in [0.5, 0.6) is 0 Å². The maximum Gasteiger partial charge on any atom is 0.252 e. The standard InChI is InChI=1S/C15H25N3O/c1-4-5-6-9-16-14-8-7-13(11-17-14)15(19)18-10-12(2)3/h7-8,11-12H,4-6,9-10H2,1-3H3,(H,16,17)(H,18,19). The molecule has 0 unspecified atom stereocenters. The zero-order valence-electron chi connectivity index (χ0n) is 12.2. The highest BCUT2D eigenvalue weighted by atomic mass is 16.1. The number of rotatable bonds is 8. The lowest BCUT2D eigenvalue weighted by Crippen LogP contribution is -2.27. The average molecular weight is 263 g/mol. The summed E-state index contributed by atoms with van der Waals surface area (Å²) >= 11 is 0. The molecule has 1 rings (SSSR count). The van der Waals surface area contributed by atoms with Crippen molar-refractivity contribution in [3.8, 4) is 0 Å². The lowest BCUT2D eigenvalue weighted by atomic mass is 10.2. The lowest BCUT2D eigenvalue weighted by Gasteiger charge is -2.08. The second-order valence-corrected chi connectivity index (χ2v) is 5.17. The number of aromatic nitrogens is 1. The first-order valence-corrected chi connectivity index (χ1v) is 7.11. The van der Waals surface area contributed by atoms with Gasteiger partial charge in [0.25, 0.3) is 5.91 Å².